The summed E-state index contributed by atoms with van der Waals surface area (Å²) in [6.07, 6.45) is 4.71. The van der Waals surface area contributed by atoms with E-state index in [2.05, 4.69) is 17.9 Å². The second-order valence-corrected chi connectivity index (χ2v) is 6.90. The number of hydrogen-bond acceptors (Lipinski definition) is 5. The number of rotatable bonds is 5. The molecule has 5 nitrogen and oxygen atoms in total. The molecule has 0 saturated heterocycles. The Kier molecular flexibility index (Phi) is 4.55. The van der Waals surface area contributed by atoms with E-state index in [0.717, 1.165) is 59.4 Å². The minimum atomic E-state index is -0.290. The van der Waals surface area contributed by atoms with Gasteiger partial charge in [0, 0.05) is 29.1 Å². The smallest absolute Gasteiger partial charge is 0.336 e. The van der Waals surface area contributed by atoms with Crippen LogP contribution in [0.2, 0.25) is 0 Å². The normalized spacial score (nSPS) is 14.4. The molecule has 0 amide bonds. The lowest BCUT2D eigenvalue weighted by Crippen LogP contribution is -2.31. The first-order valence-corrected chi connectivity index (χ1v) is 9.12. The van der Waals surface area contributed by atoms with Crippen LogP contribution in [0.4, 0.5) is 0 Å². The van der Waals surface area contributed by atoms with Crippen LogP contribution in [0.5, 0.6) is 5.75 Å². The molecule has 2 aromatic heterocycles. The first kappa shape index (κ1) is 16.9. The minimum absolute atomic E-state index is 0.290. The monoisotopic (exact) mass is 353 g/mol. The maximum absolute atomic E-state index is 12.0. The molecule has 1 aliphatic rings. The standard InChI is InChI=1S/C21H23NO4/c1-3-4-6-15-10-19(23)26-21-14(2)20-16(9-18(15)21)11-22(13-25-20)12-17-7-5-8-24-17/h5,7-10H,3-4,6,11-13H2,1-2H3. The minimum Gasteiger partial charge on any atom is -0.477 e. The highest BCUT2D eigenvalue weighted by Crippen LogP contribution is 2.36. The molecule has 26 heavy (non-hydrogen) atoms. The second-order valence-electron chi connectivity index (χ2n) is 6.90. The molecule has 0 unspecified atom stereocenters. The summed E-state index contributed by atoms with van der Waals surface area (Å²) in [6, 6.07) is 7.63. The van der Waals surface area contributed by atoms with Crippen molar-refractivity contribution in [3.8, 4) is 5.75 Å². The Morgan fingerprint density at radius 2 is 2.15 bits per heavy atom. The SMILES string of the molecule is CCCCc1cc(=O)oc2c(C)c3c(cc12)CN(Cc1ccco1)CO3. The number of ether oxygens (including phenoxy) is 1. The molecular weight excluding hydrogens is 330 g/mol. The predicted molar refractivity (Wildman–Crippen MR) is 99.3 cm³/mol. The summed E-state index contributed by atoms with van der Waals surface area (Å²) in [4.78, 5) is 14.2. The zero-order chi connectivity index (χ0) is 18.1. The molecule has 3 aromatic rings. The van der Waals surface area contributed by atoms with Gasteiger partial charge in [-0.15, -0.1) is 0 Å². The summed E-state index contributed by atoms with van der Waals surface area (Å²) < 4.78 is 17.0. The van der Waals surface area contributed by atoms with Crippen molar-refractivity contribution in [2.24, 2.45) is 0 Å². The van der Waals surface area contributed by atoms with Crippen LogP contribution in [0.3, 0.4) is 0 Å². The predicted octanol–water partition coefficient (Wildman–Crippen LogP) is 4.39. The maximum atomic E-state index is 12.0. The zero-order valence-electron chi connectivity index (χ0n) is 15.2. The molecule has 136 valence electrons. The first-order chi connectivity index (χ1) is 12.7. The van der Waals surface area contributed by atoms with E-state index in [1.165, 1.54) is 0 Å². The molecule has 0 saturated carbocycles. The highest BCUT2D eigenvalue weighted by Gasteiger charge is 2.23. The van der Waals surface area contributed by atoms with Crippen molar-refractivity contribution >= 4 is 11.0 Å². The van der Waals surface area contributed by atoms with E-state index in [0.29, 0.717) is 18.9 Å². The molecule has 0 aliphatic carbocycles. The molecule has 5 heteroatoms. The van der Waals surface area contributed by atoms with Crippen LogP contribution in [-0.2, 0) is 19.5 Å². The molecule has 0 fully saturated rings. The van der Waals surface area contributed by atoms with E-state index in [4.69, 9.17) is 13.6 Å². The summed E-state index contributed by atoms with van der Waals surface area (Å²) in [7, 11) is 0. The average Bonchev–Trinajstić information content (AvgIpc) is 3.13. The zero-order valence-corrected chi connectivity index (χ0v) is 15.2. The Morgan fingerprint density at radius 1 is 1.27 bits per heavy atom. The topological polar surface area (TPSA) is 55.8 Å². The van der Waals surface area contributed by atoms with Crippen LogP contribution in [0.1, 0.15) is 42.2 Å². The molecule has 1 aliphatic heterocycles. The molecule has 4 rings (SSSR count). The van der Waals surface area contributed by atoms with E-state index in [1.54, 1.807) is 12.3 Å². The molecule has 0 atom stereocenters. The number of benzene rings is 1. The molecular formula is C21H23NO4. The van der Waals surface area contributed by atoms with E-state index in [1.807, 2.05) is 19.1 Å². The van der Waals surface area contributed by atoms with Gasteiger partial charge >= 0.3 is 5.63 Å². The number of nitrogens with zero attached hydrogens (tertiary/aromatic N) is 1. The Morgan fingerprint density at radius 3 is 2.92 bits per heavy atom. The number of furan rings is 1. The lowest BCUT2D eigenvalue weighted by atomic mass is 9.98. The van der Waals surface area contributed by atoms with Gasteiger partial charge in [-0.25, -0.2) is 4.79 Å². The van der Waals surface area contributed by atoms with Crippen molar-refractivity contribution in [2.45, 2.75) is 46.2 Å². The quantitative estimate of drug-likeness (QED) is 0.637. The van der Waals surface area contributed by atoms with Gasteiger partial charge in [-0.2, -0.15) is 0 Å². The first-order valence-electron chi connectivity index (χ1n) is 9.12. The van der Waals surface area contributed by atoms with Gasteiger partial charge in [0.15, 0.2) is 0 Å². The fourth-order valence-electron chi connectivity index (χ4n) is 3.63. The van der Waals surface area contributed by atoms with Gasteiger partial charge in [0.25, 0.3) is 0 Å². The van der Waals surface area contributed by atoms with Crippen molar-refractivity contribution < 1.29 is 13.6 Å². The van der Waals surface area contributed by atoms with Crippen molar-refractivity contribution in [2.75, 3.05) is 6.73 Å². The van der Waals surface area contributed by atoms with Gasteiger partial charge in [0.2, 0.25) is 0 Å². The number of hydrogen-bond donors (Lipinski definition) is 0. The second kappa shape index (κ2) is 7.00. The van der Waals surface area contributed by atoms with E-state index < -0.39 is 0 Å². The van der Waals surface area contributed by atoms with Crippen molar-refractivity contribution in [1.29, 1.82) is 0 Å². The number of aryl methyl sites for hydroxylation is 2. The van der Waals surface area contributed by atoms with Gasteiger partial charge in [0.1, 0.15) is 23.8 Å². The van der Waals surface area contributed by atoms with Gasteiger partial charge < -0.3 is 13.6 Å². The summed E-state index contributed by atoms with van der Waals surface area (Å²) in [5.41, 5.74) is 3.46. The van der Waals surface area contributed by atoms with Crippen LogP contribution < -0.4 is 10.4 Å². The molecule has 1 aromatic carbocycles. The molecule has 0 radical (unpaired) electrons. The van der Waals surface area contributed by atoms with Gasteiger partial charge in [-0.05, 0) is 43.5 Å². The molecule has 3 heterocycles. The van der Waals surface area contributed by atoms with E-state index in [9.17, 15) is 4.79 Å². The van der Waals surface area contributed by atoms with Crippen LogP contribution in [0.25, 0.3) is 11.0 Å². The summed E-state index contributed by atoms with van der Waals surface area (Å²) in [5, 5.41) is 1.03. The van der Waals surface area contributed by atoms with Crippen LogP contribution >= 0.6 is 0 Å². The van der Waals surface area contributed by atoms with E-state index in [-0.39, 0.29) is 5.63 Å². The molecule has 0 spiro atoms. The van der Waals surface area contributed by atoms with Gasteiger partial charge in [-0.1, -0.05) is 13.3 Å². The lowest BCUT2D eigenvalue weighted by Gasteiger charge is -2.29. The Balaban J connectivity index is 1.73. The van der Waals surface area contributed by atoms with Crippen LogP contribution in [0.15, 0.2) is 44.2 Å². The van der Waals surface area contributed by atoms with Crippen LogP contribution in [0, 0.1) is 6.92 Å². The molecule has 0 N–H and O–H groups in total. The van der Waals surface area contributed by atoms with Crippen molar-refractivity contribution in [1.82, 2.24) is 4.90 Å². The number of fused-ring (bicyclic) bond motifs is 2. The highest BCUT2D eigenvalue weighted by molar-refractivity contribution is 5.86. The largest absolute Gasteiger partial charge is 0.477 e. The third kappa shape index (κ3) is 3.15. The lowest BCUT2D eigenvalue weighted by molar-refractivity contribution is 0.0818. The summed E-state index contributed by atoms with van der Waals surface area (Å²) >= 11 is 0. The third-order valence-corrected chi connectivity index (χ3v) is 4.92. The van der Waals surface area contributed by atoms with E-state index >= 15 is 0 Å². The fourth-order valence-corrected chi connectivity index (χ4v) is 3.63. The Bertz CT molecular complexity index is 972. The Labute approximate surface area is 152 Å². The fraction of sp³-hybridized carbons (Fsp3) is 0.381. The van der Waals surface area contributed by atoms with Crippen molar-refractivity contribution in [3.63, 3.8) is 0 Å². The van der Waals surface area contributed by atoms with Crippen LogP contribution in [-0.4, -0.2) is 11.6 Å². The third-order valence-electron chi connectivity index (χ3n) is 4.92. The number of unbranched alkanes of at least 4 members (excludes halogenated alkanes) is 1. The van der Waals surface area contributed by atoms with Gasteiger partial charge in [0.05, 0.1) is 12.8 Å². The summed E-state index contributed by atoms with van der Waals surface area (Å²) in [5.74, 6) is 1.76. The maximum Gasteiger partial charge on any atom is 0.336 e. The Hall–Kier alpha value is -2.53. The molecule has 0 bridgehead atoms. The highest BCUT2D eigenvalue weighted by atomic mass is 16.5. The van der Waals surface area contributed by atoms with Crippen molar-refractivity contribution in [3.05, 3.63) is 63.4 Å². The van der Waals surface area contributed by atoms with Gasteiger partial charge in [-0.3, -0.25) is 4.90 Å². The summed E-state index contributed by atoms with van der Waals surface area (Å²) in [6.45, 7) is 6.09. The average molecular weight is 353 g/mol.